The summed E-state index contributed by atoms with van der Waals surface area (Å²) >= 11 is 1.46. The first-order chi connectivity index (χ1) is 14.0. The number of β-amino-alcohol motifs (C(OH)–C–C–N with tert-alkyl or cyclic N) is 1. The van der Waals surface area contributed by atoms with Gasteiger partial charge in [0.2, 0.25) is 0 Å². The lowest BCUT2D eigenvalue weighted by molar-refractivity contribution is 0.0426. The molecule has 6 nitrogen and oxygen atoms in total. The van der Waals surface area contributed by atoms with Crippen LogP contribution in [0.5, 0.6) is 0 Å². The highest BCUT2D eigenvalue weighted by Gasteiger charge is 2.27. The molecule has 4 rings (SSSR count). The maximum absolute atomic E-state index is 10.9. The molecule has 7 heteroatoms. The number of rotatable bonds is 4. The van der Waals surface area contributed by atoms with Gasteiger partial charge in [0.25, 0.3) is 0 Å². The van der Waals surface area contributed by atoms with Crippen molar-refractivity contribution in [2.75, 3.05) is 12.3 Å². The Labute approximate surface area is 174 Å². The van der Waals surface area contributed by atoms with Gasteiger partial charge in [-0.1, -0.05) is 18.6 Å². The SMILES string of the molecule is C[C@@H]1CCC[C@H](C)N1C[C@@H](O)c1cc2c(N)nc(-c3cccc(C#N)c3)nc2s1. The summed E-state index contributed by atoms with van der Waals surface area (Å²) in [6.07, 6.45) is 3.02. The quantitative estimate of drug-likeness (QED) is 0.675. The molecule has 3 aromatic rings. The molecule has 0 bridgehead atoms. The van der Waals surface area contributed by atoms with E-state index in [2.05, 4.69) is 34.8 Å². The van der Waals surface area contributed by atoms with E-state index in [1.165, 1.54) is 30.6 Å². The zero-order valence-corrected chi connectivity index (χ0v) is 17.5. The van der Waals surface area contributed by atoms with Gasteiger partial charge in [-0.05, 0) is 44.9 Å². The molecule has 2 aromatic heterocycles. The monoisotopic (exact) mass is 407 g/mol. The summed E-state index contributed by atoms with van der Waals surface area (Å²) in [6.45, 7) is 5.08. The van der Waals surface area contributed by atoms with Crippen molar-refractivity contribution in [1.82, 2.24) is 14.9 Å². The Bertz CT molecular complexity index is 1060. The average molecular weight is 408 g/mol. The van der Waals surface area contributed by atoms with E-state index >= 15 is 0 Å². The summed E-state index contributed by atoms with van der Waals surface area (Å²) in [4.78, 5) is 13.1. The third-order valence-corrected chi connectivity index (χ3v) is 6.91. The van der Waals surface area contributed by atoms with E-state index < -0.39 is 6.10 Å². The fourth-order valence-electron chi connectivity index (χ4n) is 4.11. The molecule has 3 heterocycles. The summed E-state index contributed by atoms with van der Waals surface area (Å²) in [6, 6.07) is 12.2. The number of fused-ring (bicyclic) bond motifs is 1. The molecule has 0 unspecified atom stereocenters. The molecule has 3 atom stereocenters. The molecule has 0 amide bonds. The largest absolute Gasteiger partial charge is 0.386 e. The summed E-state index contributed by atoms with van der Waals surface area (Å²) in [7, 11) is 0. The molecule has 1 saturated heterocycles. The van der Waals surface area contributed by atoms with E-state index in [4.69, 9.17) is 11.0 Å². The number of aliphatic hydroxyl groups is 1. The van der Waals surface area contributed by atoms with Crippen molar-refractivity contribution >= 4 is 27.4 Å². The van der Waals surface area contributed by atoms with Crippen LogP contribution < -0.4 is 5.73 Å². The van der Waals surface area contributed by atoms with Crippen molar-refractivity contribution in [2.45, 2.75) is 51.3 Å². The standard InChI is InChI=1S/C22H25N5OS/c1-13-5-3-6-14(2)27(13)12-18(28)19-10-17-20(24)25-21(26-22(17)29-19)16-8-4-7-15(9-16)11-23/h4,7-10,13-14,18,28H,3,5-6,12H2,1-2H3,(H2,24,25,26)/t13-,14+,18-/m1/s1. The Balaban J connectivity index is 1.63. The van der Waals surface area contributed by atoms with Crippen molar-refractivity contribution in [2.24, 2.45) is 0 Å². The number of piperidine rings is 1. The van der Waals surface area contributed by atoms with E-state index in [1.807, 2.05) is 18.2 Å². The molecule has 150 valence electrons. The highest BCUT2D eigenvalue weighted by atomic mass is 32.1. The number of aliphatic hydroxyl groups excluding tert-OH is 1. The average Bonchev–Trinajstić information content (AvgIpc) is 3.16. The van der Waals surface area contributed by atoms with Crippen molar-refractivity contribution in [3.63, 3.8) is 0 Å². The molecule has 1 aliphatic rings. The number of hydrogen-bond donors (Lipinski definition) is 2. The number of anilines is 1. The summed E-state index contributed by atoms with van der Waals surface area (Å²) in [5.41, 5.74) is 7.51. The van der Waals surface area contributed by atoms with Gasteiger partial charge in [0.15, 0.2) is 5.82 Å². The van der Waals surface area contributed by atoms with Crippen LogP contribution in [0.15, 0.2) is 30.3 Å². The van der Waals surface area contributed by atoms with Crippen molar-refractivity contribution in [3.05, 3.63) is 40.8 Å². The van der Waals surface area contributed by atoms with Crippen molar-refractivity contribution in [3.8, 4) is 17.5 Å². The Kier molecular flexibility index (Phi) is 5.50. The van der Waals surface area contributed by atoms with E-state index in [0.29, 0.717) is 35.8 Å². The van der Waals surface area contributed by atoms with Crippen LogP contribution in [0.2, 0.25) is 0 Å². The van der Waals surface area contributed by atoms with Gasteiger partial charge < -0.3 is 10.8 Å². The second-order valence-electron chi connectivity index (χ2n) is 7.83. The summed E-state index contributed by atoms with van der Waals surface area (Å²) in [5.74, 6) is 0.884. The van der Waals surface area contributed by atoms with Gasteiger partial charge in [0, 0.05) is 29.1 Å². The number of nitriles is 1. The second-order valence-corrected chi connectivity index (χ2v) is 8.90. The molecule has 0 aliphatic carbocycles. The maximum atomic E-state index is 10.9. The predicted octanol–water partition coefficient (Wildman–Crippen LogP) is 4.11. The lowest BCUT2D eigenvalue weighted by Gasteiger charge is -2.39. The number of nitrogen functional groups attached to an aromatic ring is 1. The van der Waals surface area contributed by atoms with Gasteiger partial charge >= 0.3 is 0 Å². The number of aromatic nitrogens is 2. The Hall–Kier alpha value is -2.53. The van der Waals surface area contributed by atoms with E-state index in [1.54, 1.807) is 12.1 Å². The van der Waals surface area contributed by atoms with Gasteiger partial charge in [-0.15, -0.1) is 11.3 Å². The molecule has 3 N–H and O–H groups in total. The lowest BCUT2D eigenvalue weighted by atomic mass is 9.97. The van der Waals surface area contributed by atoms with Gasteiger partial charge in [-0.3, -0.25) is 4.90 Å². The molecular formula is C22H25N5OS. The second kappa shape index (κ2) is 8.07. The molecule has 0 spiro atoms. The minimum Gasteiger partial charge on any atom is -0.386 e. The Morgan fingerprint density at radius 3 is 2.76 bits per heavy atom. The molecule has 1 aliphatic heterocycles. The molecule has 0 radical (unpaired) electrons. The highest BCUT2D eigenvalue weighted by molar-refractivity contribution is 7.18. The van der Waals surface area contributed by atoms with Crippen LogP contribution in [-0.4, -0.2) is 38.6 Å². The first-order valence-corrected chi connectivity index (χ1v) is 10.8. The molecule has 0 saturated carbocycles. The highest BCUT2D eigenvalue weighted by Crippen LogP contribution is 2.34. The van der Waals surface area contributed by atoms with Crippen LogP contribution in [0, 0.1) is 11.3 Å². The molecule has 1 fully saturated rings. The van der Waals surface area contributed by atoms with E-state index in [9.17, 15) is 5.11 Å². The first-order valence-electron chi connectivity index (χ1n) is 9.97. The summed E-state index contributed by atoms with van der Waals surface area (Å²) < 4.78 is 0. The fraction of sp³-hybridized carbons (Fsp3) is 0.409. The topological polar surface area (TPSA) is 99.1 Å². The third kappa shape index (κ3) is 3.97. The number of benzene rings is 1. The van der Waals surface area contributed by atoms with E-state index in [0.717, 1.165) is 20.7 Å². The lowest BCUT2D eigenvalue weighted by Crippen LogP contribution is -2.45. The first kappa shape index (κ1) is 19.8. The number of nitrogens with zero attached hydrogens (tertiary/aromatic N) is 4. The van der Waals surface area contributed by atoms with Crippen LogP contribution >= 0.6 is 11.3 Å². The minimum absolute atomic E-state index is 0.391. The minimum atomic E-state index is -0.582. The van der Waals surface area contributed by atoms with Gasteiger partial charge in [0.05, 0.1) is 17.0 Å². The molecule has 1 aromatic carbocycles. The van der Waals surface area contributed by atoms with Crippen LogP contribution in [0.25, 0.3) is 21.6 Å². The van der Waals surface area contributed by atoms with Crippen LogP contribution in [0.4, 0.5) is 5.82 Å². The molecule has 29 heavy (non-hydrogen) atoms. The predicted molar refractivity (Wildman–Crippen MR) is 116 cm³/mol. The van der Waals surface area contributed by atoms with Crippen LogP contribution in [0.1, 0.15) is 49.7 Å². The van der Waals surface area contributed by atoms with Crippen molar-refractivity contribution in [1.29, 1.82) is 5.26 Å². The van der Waals surface area contributed by atoms with Gasteiger partial charge in [-0.2, -0.15) is 5.26 Å². The number of hydrogen-bond acceptors (Lipinski definition) is 7. The van der Waals surface area contributed by atoms with Gasteiger partial charge in [-0.25, -0.2) is 9.97 Å². The molecular weight excluding hydrogens is 382 g/mol. The summed E-state index contributed by atoms with van der Waals surface area (Å²) in [5, 5.41) is 20.8. The van der Waals surface area contributed by atoms with Crippen LogP contribution in [0.3, 0.4) is 0 Å². The normalized spacial score (nSPS) is 21.2. The van der Waals surface area contributed by atoms with E-state index in [-0.39, 0.29) is 0 Å². The Morgan fingerprint density at radius 2 is 2.03 bits per heavy atom. The number of thiophene rings is 1. The smallest absolute Gasteiger partial charge is 0.163 e. The van der Waals surface area contributed by atoms with Crippen LogP contribution in [-0.2, 0) is 0 Å². The zero-order chi connectivity index (χ0) is 20.5. The fourth-order valence-corrected chi connectivity index (χ4v) is 5.12. The van der Waals surface area contributed by atoms with Gasteiger partial charge in [0.1, 0.15) is 16.8 Å². The number of nitrogens with two attached hydrogens (primary N) is 1. The maximum Gasteiger partial charge on any atom is 0.163 e. The zero-order valence-electron chi connectivity index (χ0n) is 16.7. The number of likely N-dealkylation sites (tertiary alicyclic amines) is 1. The Morgan fingerprint density at radius 1 is 1.28 bits per heavy atom. The third-order valence-electron chi connectivity index (χ3n) is 5.78. The van der Waals surface area contributed by atoms with Crippen molar-refractivity contribution < 1.29 is 5.11 Å².